The van der Waals surface area contributed by atoms with Crippen molar-refractivity contribution in [3.63, 3.8) is 0 Å². The Labute approximate surface area is 175 Å². The molecule has 162 valence electrons. The summed E-state index contributed by atoms with van der Waals surface area (Å²) in [6.45, 7) is 11.2. The largest absolute Gasteiger partial charge is 0.458 e. The SMILES string of the molecule is CC(C)[C@]1(O)CC(=O)CC[C@]1(C)C1CC[C@@]2(C)C([C@H]1C)[C@@H]1CC1[C@@]21CCC(=O)O1. The highest BCUT2D eigenvalue weighted by Gasteiger charge is 2.78. The van der Waals surface area contributed by atoms with Gasteiger partial charge < -0.3 is 9.84 Å². The van der Waals surface area contributed by atoms with Gasteiger partial charge in [0.1, 0.15) is 11.4 Å². The molecule has 0 bridgehead atoms. The second-order valence-electron chi connectivity index (χ2n) is 12.0. The number of carbonyl (C=O) groups excluding carboxylic acids is 2. The number of carbonyl (C=O) groups is 2. The maximum absolute atomic E-state index is 12.3. The van der Waals surface area contributed by atoms with Crippen molar-refractivity contribution in [2.75, 3.05) is 0 Å². The molecule has 1 spiro atoms. The van der Waals surface area contributed by atoms with Crippen LogP contribution in [0.1, 0.15) is 86.0 Å². The van der Waals surface area contributed by atoms with Gasteiger partial charge in [0.05, 0.1) is 5.60 Å². The third-order valence-electron chi connectivity index (χ3n) is 10.9. The molecule has 4 saturated carbocycles. The fourth-order valence-electron chi connectivity index (χ4n) is 9.37. The van der Waals surface area contributed by atoms with Crippen LogP contribution in [0.4, 0.5) is 0 Å². The van der Waals surface area contributed by atoms with Crippen molar-refractivity contribution in [1.82, 2.24) is 0 Å². The molecule has 5 rings (SSSR count). The Morgan fingerprint density at radius 2 is 1.76 bits per heavy atom. The predicted octanol–water partition coefficient (Wildman–Crippen LogP) is 4.53. The van der Waals surface area contributed by atoms with Gasteiger partial charge in [0.15, 0.2) is 0 Å². The van der Waals surface area contributed by atoms with Gasteiger partial charge in [0.25, 0.3) is 0 Å². The van der Waals surface area contributed by atoms with Crippen LogP contribution in [0.15, 0.2) is 0 Å². The molecule has 1 N–H and O–H groups in total. The van der Waals surface area contributed by atoms with E-state index in [4.69, 9.17) is 4.74 Å². The standard InChI is InChI=1S/C25H38O4/c1-14(2)24(28)13-16(26)6-9-22(24,4)18-7-10-23(5)21(15(18)3)17-12-19(17)25(23)11-8-20(27)29-25/h14-15,17-19,21,28H,6-13H2,1-5H3/t15-,17+,18?,19?,21?,22+,23-,24+,25-/m0/s1. The van der Waals surface area contributed by atoms with Crippen molar-refractivity contribution in [2.45, 2.75) is 97.2 Å². The summed E-state index contributed by atoms with van der Waals surface area (Å²) in [6, 6.07) is 0. The number of fused-ring (bicyclic) bond motifs is 5. The first-order valence-electron chi connectivity index (χ1n) is 12.0. The van der Waals surface area contributed by atoms with E-state index in [0.29, 0.717) is 48.9 Å². The molecule has 3 unspecified atom stereocenters. The van der Waals surface area contributed by atoms with Crippen LogP contribution in [0.25, 0.3) is 0 Å². The fraction of sp³-hybridized carbons (Fsp3) is 0.920. The summed E-state index contributed by atoms with van der Waals surface area (Å²) in [5.74, 6) is 2.95. The van der Waals surface area contributed by atoms with Gasteiger partial charge in [-0.3, -0.25) is 9.59 Å². The van der Waals surface area contributed by atoms with E-state index in [1.807, 2.05) is 0 Å². The van der Waals surface area contributed by atoms with E-state index < -0.39 is 5.60 Å². The second kappa shape index (κ2) is 5.87. The first-order valence-corrected chi connectivity index (χ1v) is 12.0. The highest BCUT2D eigenvalue weighted by Crippen LogP contribution is 2.78. The number of Topliss-reactive ketones (excluding diaryl/α,β-unsaturated/α-hetero) is 1. The van der Waals surface area contributed by atoms with E-state index in [1.165, 1.54) is 6.42 Å². The number of rotatable bonds is 2. The lowest BCUT2D eigenvalue weighted by atomic mass is 9.45. The Balaban J connectivity index is 1.50. The van der Waals surface area contributed by atoms with Gasteiger partial charge in [-0.1, -0.05) is 34.6 Å². The van der Waals surface area contributed by atoms with Crippen molar-refractivity contribution in [2.24, 2.45) is 46.3 Å². The normalized spacial score (nSPS) is 56.4. The average Bonchev–Trinajstić information content (AvgIpc) is 3.27. The smallest absolute Gasteiger partial charge is 0.306 e. The van der Waals surface area contributed by atoms with Crippen molar-refractivity contribution < 1.29 is 19.4 Å². The average molecular weight is 403 g/mol. The van der Waals surface area contributed by atoms with Gasteiger partial charge in [-0.15, -0.1) is 0 Å². The van der Waals surface area contributed by atoms with E-state index in [0.717, 1.165) is 25.7 Å². The van der Waals surface area contributed by atoms with Crippen molar-refractivity contribution in [1.29, 1.82) is 0 Å². The Kier molecular flexibility index (Phi) is 4.05. The molecule has 1 heterocycles. The molecular weight excluding hydrogens is 364 g/mol. The van der Waals surface area contributed by atoms with Crippen LogP contribution >= 0.6 is 0 Å². The molecule has 4 heteroatoms. The maximum Gasteiger partial charge on any atom is 0.306 e. The van der Waals surface area contributed by atoms with Crippen molar-refractivity contribution >= 4 is 11.8 Å². The lowest BCUT2D eigenvalue weighted by Gasteiger charge is -2.61. The minimum absolute atomic E-state index is 0.000704. The molecule has 0 aromatic carbocycles. The molecule has 0 radical (unpaired) electrons. The number of ether oxygens (including phenoxy) is 1. The molecule has 1 aliphatic heterocycles. The van der Waals surface area contributed by atoms with Gasteiger partial charge in [0, 0.05) is 36.0 Å². The molecule has 1 saturated heterocycles. The van der Waals surface area contributed by atoms with E-state index >= 15 is 0 Å². The summed E-state index contributed by atoms with van der Waals surface area (Å²) in [7, 11) is 0. The number of esters is 1. The quantitative estimate of drug-likeness (QED) is 0.690. The lowest BCUT2D eigenvalue weighted by molar-refractivity contribution is -0.204. The fourth-order valence-corrected chi connectivity index (χ4v) is 9.37. The number of hydrogen-bond donors (Lipinski definition) is 1. The van der Waals surface area contributed by atoms with Gasteiger partial charge in [0.2, 0.25) is 0 Å². The van der Waals surface area contributed by atoms with Gasteiger partial charge in [-0.2, -0.15) is 0 Å². The van der Waals surface area contributed by atoms with Crippen LogP contribution in [0, 0.1) is 46.3 Å². The second-order valence-corrected chi connectivity index (χ2v) is 12.0. The third-order valence-corrected chi connectivity index (χ3v) is 10.9. The van der Waals surface area contributed by atoms with Gasteiger partial charge >= 0.3 is 5.97 Å². The highest BCUT2D eigenvalue weighted by molar-refractivity contribution is 5.80. The summed E-state index contributed by atoms with van der Waals surface area (Å²) in [6.07, 6.45) is 6.53. The van der Waals surface area contributed by atoms with Crippen molar-refractivity contribution in [3.05, 3.63) is 0 Å². The van der Waals surface area contributed by atoms with Crippen LogP contribution in [-0.4, -0.2) is 28.1 Å². The molecule has 4 aliphatic carbocycles. The summed E-state index contributed by atoms with van der Waals surface area (Å²) in [4.78, 5) is 24.5. The summed E-state index contributed by atoms with van der Waals surface area (Å²) in [5.41, 5.74) is -1.31. The van der Waals surface area contributed by atoms with Crippen LogP contribution in [-0.2, 0) is 14.3 Å². The zero-order valence-corrected chi connectivity index (χ0v) is 18.8. The Bertz CT molecular complexity index is 760. The van der Waals surface area contributed by atoms with E-state index in [9.17, 15) is 14.7 Å². The maximum atomic E-state index is 12.3. The number of hydrogen-bond acceptors (Lipinski definition) is 4. The van der Waals surface area contributed by atoms with Crippen LogP contribution < -0.4 is 0 Å². The Morgan fingerprint density at radius 3 is 2.38 bits per heavy atom. The minimum atomic E-state index is -0.923. The number of ketones is 1. The van der Waals surface area contributed by atoms with E-state index in [-0.39, 0.29) is 34.1 Å². The van der Waals surface area contributed by atoms with Gasteiger partial charge in [-0.25, -0.2) is 0 Å². The van der Waals surface area contributed by atoms with Crippen LogP contribution in [0.2, 0.25) is 0 Å². The highest BCUT2D eigenvalue weighted by atomic mass is 16.6. The van der Waals surface area contributed by atoms with Crippen LogP contribution in [0.3, 0.4) is 0 Å². The third kappa shape index (κ3) is 2.25. The summed E-state index contributed by atoms with van der Waals surface area (Å²) >= 11 is 0. The van der Waals surface area contributed by atoms with E-state index in [1.54, 1.807) is 0 Å². The zero-order chi connectivity index (χ0) is 21.0. The summed E-state index contributed by atoms with van der Waals surface area (Å²) < 4.78 is 6.15. The first-order chi connectivity index (χ1) is 13.5. The minimum Gasteiger partial charge on any atom is -0.458 e. The van der Waals surface area contributed by atoms with Gasteiger partial charge in [-0.05, 0) is 61.7 Å². The molecule has 4 nitrogen and oxygen atoms in total. The summed E-state index contributed by atoms with van der Waals surface area (Å²) in [5, 5.41) is 11.8. The molecule has 5 aliphatic rings. The van der Waals surface area contributed by atoms with Crippen LogP contribution in [0.5, 0.6) is 0 Å². The molecule has 29 heavy (non-hydrogen) atoms. The Morgan fingerprint density at radius 1 is 1.03 bits per heavy atom. The number of aliphatic hydroxyl groups is 1. The van der Waals surface area contributed by atoms with Crippen molar-refractivity contribution in [3.8, 4) is 0 Å². The zero-order valence-electron chi connectivity index (χ0n) is 18.8. The molecule has 0 aromatic heterocycles. The monoisotopic (exact) mass is 402 g/mol. The molecule has 5 fully saturated rings. The predicted molar refractivity (Wildman–Crippen MR) is 110 cm³/mol. The lowest BCUT2D eigenvalue weighted by Crippen LogP contribution is -2.62. The van der Waals surface area contributed by atoms with E-state index in [2.05, 4.69) is 34.6 Å². The molecule has 0 aromatic rings. The molecular formula is C25H38O4. The topological polar surface area (TPSA) is 63.6 Å². The Hall–Kier alpha value is -0.900. The molecule has 0 amide bonds. The molecule has 9 atom stereocenters. The first kappa shape index (κ1) is 20.0.